The number of aromatic nitrogens is 1. The Labute approximate surface area is 154 Å². The van der Waals surface area contributed by atoms with Crippen molar-refractivity contribution >= 4 is 10.9 Å². The van der Waals surface area contributed by atoms with Crippen LogP contribution in [0.25, 0.3) is 10.9 Å². The van der Waals surface area contributed by atoms with Crippen LogP contribution in [0.2, 0.25) is 0 Å². The maximum atomic E-state index is 11.3. The molecule has 3 saturated heterocycles. The van der Waals surface area contributed by atoms with Crippen LogP contribution < -0.4 is 4.74 Å². The summed E-state index contributed by atoms with van der Waals surface area (Å²) in [7, 11) is 1.61. The third-order valence-corrected chi connectivity index (χ3v) is 6.23. The van der Waals surface area contributed by atoms with E-state index in [0.717, 1.165) is 53.6 Å². The van der Waals surface area contributed by atoms with Gasteiger partial charge in [0.25, 0.3) is 0 Å². The lowest BCUT2D eigenvalue weighted by atomic mass is 9.72. The lowest BCUT2D eigenvalue weighted by molar-refractivity contribution is -0.0562. The second kappa shape index (κ2) is 7.51. The molecule has 5 nitrogen and oxygen atoms in total. The monoisotopic (exact) mass is 356 g/mol. The summed E-state index contributed by atoms with van der Waals surface area (Å²) in [5, 5.41) is 12.2. The van der Waals surface area contributed by atoms with Crippen molar-refractivity contribution in [1.29, 1.82) is 0 Å². The van der Waals surface area contributed by atoms with Crippen molar-refractivity contribution in [2.75, 3.05) is 27.0 Å². The summed E-state index contributed by atoms with van der Waals surface area (Å²) in [6.45, 7) is 4.72. The van der Waals surface area contributed by atoms with Gasteiger partial charge in [0.1, 0.15) is 5.75 Å². The van der Waals surface area contributed by atoms with Gasteiger partial charge >= 0.3 is 0 Å². The lowest BCUT2D eigenvalue weighted by Crippen LogP contribution is -2.55. The summed E-state index contributed by atoms with van der Waals surface area (Å²) < 4.78 is 10.6. The van der Waals surface area contributed by atoms with Crippen LogP contribution in [0.5, 0.6) is 5.75 Å². The Morgan fingerprint density at radius 1 is 1.35 bits per heavy atom. The minimum atomic E-state index is -0.501. The van der Waals surface area contributed by atoms with E-state index < -0.39 is 6.10 Å². The van der Waals surface area contributed by atoms with E-state index in [0.29, 0.717) is 0 Å². The van der Waals surface area contributed by atoms with Crippen molar-refractivity contribution in [1.82, 2.24) is 9.88 Å². The second-order valence-electron chi connectivity index (χ2n) is 7.59. The molecule has 1 aromatic heterocycles. The molecule has 5 atom stereocenters. The first kappa shape index (κ1) is 17.7. The van der Waals surface area contributed by atoms with Gasteiger partial charge in [-0.05, 0) is 61.1 Å². The van der Waals surface area contributed by atoms with Crippen molar-refractivity contribution in [2.24, 2.45) is 11.8 Å². The molecule has 5 heteroatoms. The van der Waals surface area contributed by atoms with Gasteiger partial charge in [-0.3, -0.25) is 9.88 Å². The summed E-state index contributed by atoms with van der Waals surface area (Å²) in [4.78, 5) is 6.95. The number of benzene rings is 1. The summed E-state index contributed by atoms with van der Waals surface area (Å²) in [5.41, 5.74) is 1.83. The molecule has 1 N–H and O–H groups in total. The van der Waals surface area contributed by atoms with Crippen molar-refractivity contribution in [3.05, 3.63) is 36.0 Å². The molecule has 3 aliphatic heterocycles. The number of rotatable bonds is 6. The number of methoxy groups -OCH3 is 1. The van der Waals surface area contributed by atoms with E-state index in [1.54, 1.807) is 13.3 Å². The molecule has 3 aliphatic rings. The third-order valence-electron chi connectivity index (χ3n) is 6.23. The predicted octanol–water partition coefficient (Wildman–Crippen LogP) is 3.37. The standard InChI is InChI=1S/C21H28N2O3/c1-3-14-12-23-9-7-15(14)10-20(23)21(24)17-6-8-22-19-5-4-16(11-18(17)19)26-13-25-2/h4-6,8,11,14-15,20-21,24H,3,7,9-10,12-13H2,1-2H3. The molecule has 1 aromatic carbocycles. The number of ether oxygens (including phenoxy) is 2. The zero-order valence-corrected chi connectivity index (χ0v) is 15.6. The molecule has 5 unspecified atom stereocenters. The number of hydrogen-bond acceptors (Lipinski definition) is 5. The lowest BCUT2D eigenvalue weighted by Gasteiger charge is -2.51. The summed E-state index contributed by atoms with van der Waals surface area (Å²) >= 11 is 0. The highest BCUT2D eigenvalue weighted by Gasteiger charge is 2.42. The van der Waals surface area contributed by atoms with Crippen LogP contribution >= 0.6 is 0 Å². The SMILES string of the molecule is CCC1CN2CCC1CC2C(O)c1ccnc2ccc(OCOC)cc12. The molecular formula is C21H28N2O3. The van der Waals surface area contributed by atoms with Gasteiger partial charge < -0.3 is 14.6 Å². The van der Waals surface area contributed by atoms with Crippen molar-refractivity contribution in [3.8, 4) is 5.75 Å². The number of pyridine rings is 1. The van der Waals surface area contributed by atoms with E-state index in [1.807, 2.05) is 24.3 Å². The van der Waals surface area contributed by atoms with Crippen LogP contribution in [-0.4, -0.2) is 48.0 Å². The summed E-state index contributed by atoms with van der Waals surface area (Å²) in [6, 6.07) is 7.95. The van der Waals surface area contributed by atoms with E-state index in [4.69, 9.17) is 9.47 Å². The van der Waals surface area contributed by atoms with E-state index >= 15 is 0 Å². The smallest absolute Gasteiger partial charge is 0.188 e. The van der Waals surface area contributed by atoms with Crippen LogP contribution in [0.15, 0.2) is 30.5 Å². The van der Waals surface area contributed by atoms with E-state index in [1.165, 1.54) is 12.8 Å². The second-order valence-corrected chi connectivity index (χ2v) is 7.59. The first-order valence-electron chi connectivity index (χ1n) is 9.63. The van der Waals surface area contributed by atoms with Crippen LogP contribution in [-0.2, 0) is 4.74 Å². The van der Waals surface area contributed by atoms with Gasteiger partial charge in [-0.1, -0.05) is 13.3 Å². The van der Waals surface area contributed by atoms with Gasteiger partial charge in [-0.25, -0.2) is 0 Å². The topological polar surface area (TPSA) is 54.8 Å². The number of fused-ring (bicyclic) bond motifs is 4. The van der Waals surface area contributed by atoms with Gasteiger partial charge in [0, 0.05) is 31.3 Å². The fraction of sp³-hybridized carbons (Fsp3) is 0.571. The number of aliphatic hydroxyl groups excluding tert-OH is 1. The van der Waals surface area contributed by atoms with Gasteiger partial charge in [0.05, 0.1) is 11.6 Å². The van der Waals surface area contributed by atoms with E-state index in [9.17, 15) is 5.11 Å². The quantitative estimate of drug-likeness (QED) is 0.804. The molecule has 0 saturated carbocycles. The van der Waals surface area contributed by atoms with Gasteiger partial charge in [-0.2, -0.15) is 0 Å². The number of piperidine rings is 3. The average Bonchev–Trinajstić information content (AvgIpc) is 2.71. The number of aliphatic hydroxyl groups is 1. The largest absolute Gasteiger partial charge is 0.468 e. The Bertz CT molecular complexity index is 766. The van der Waals surface area contributed by atoms with Crippen LogP contribution in [0.1, 0.15) is 37.9 Å². The Morgan fingerprint density at radius 3 is 2.96 bits per heavy atom. The average molecular weight is 356 g/mol. The molecule has 0 aliphatic carbocycles. The summed E-state index contributed by atoms with van der Waals surface area (Å²) in [5.74, 6) is 2.27. The molecule has 3 fully saturated rings. The fourth-order valence-electron chi connectivity index (χ4n) is 4.80. The number of hydrogen-bond donors (Lipinski definition) is 1. The normalized spacial score (nSPS) is 29.0. The van der Waals surface area contributed by atoms with Gasteiger partial charge in [0.15, 0.2) is 6.79 Å². The van der Waals surface area contributed by atoms with Gasteiger partial charge in [-0.15, -0.1) is 0 Å². The summed E-state index contributed by atoms with van der Waals surface area (Å²) in [6.07, 6.45) is 4.89. The fourth-order valence-corrected chi connectivity index (χ4v) is 4.80. The molecule has 2 aromatic rings. The zero-order valence-electron chi connectivity index (χ0n) is 15.6. The van der Waals surface area contributed by atoms with E-state index in [-0.39, 0.29) is 12.8 Å². The highest BCUT2D eigenvalue weighted by Crippen LogP contribution is 2.42. The highest BCUT2D eigenvalue weighted by atomic mass is 16.7. The maximum absolute atomic E-state index is 11.3. The van der Waals surface area contributed by atoms with Crippen molar-refractivity contribution in [3.63, 3.8) is 0 Å². The zero-order chi connectivity index (χ0) is 18.1. The Hall–Kier alpha value is -1.69. The molecule has 0 amide bonds. The maximum Gasteiger partial charge on any atom is 0.188 e. The number of nitrogens with zero attached hydrogens (tertiary/aromatic N) is 2. The Kier molecular flexibility index (Phi) is 5.11. The Morgan fingerprint density at radius 2 is 2.23 bits per heavy atom. The Balaban J connectivity index is 1.63. The third kappa shape index (κ3) is 3.20. The first-order chi connectivity index (χ1) is 12.7. The minimum Gasteiger partial charge on any atom is -0.468 e. The predicted molar refractivity (Wildman–Crippen MR) is 101 cm³/mol. The molecule has 140 valence electrons. The molecule has 5 rings (SSSR count). The molecule has 4 heterocycles. The van der Waals surface area contributed by atoms with Crippen molar-refractivity contribution < 1.29 is 14.6 Å². The van der Waals surface area contributed by atoms with Crippen LogP contribution in [0, 0.1) is 11.8 Å². The highest BCUT2D eigenvalue weighted by molar-refractivity contribution is 5.83. The van der Waals surface area contributed by atoms with Crippen molar-refractivity contribution in [2.45, 2.75) is 38.3 Å². The van der Waals surface area contributed by atoms with Crippen LogP contribution in [0.3, 0.4) is 0 Å². The minimum absolute atomic E-state index is 0.200. The van der Waals surface area contributed by atoms with Crippen LogP contribution in [0.4, 0.5) is 0 Å². The molecule has 26 heavy (non-hydrogen) atoms. The van der Waals surface area contributed by atoms with Gasteiger partial charge in [0.2, 0.25) is 0 Å². The molecule has 2 bridgehead atoms. The molecule has 0 spiro atoms. The van der Waals surface area contributed by atoms with E-state index in [2.05, 4.69) is 16.8 Å². The molecule has 0 radical (unpaired) electrons. The molecular weight excluding hydrogens is 328 g/mol. The first-order valence-corrected chi connectivity index (χ1v) is 9.63.